The third-order valence-electron chi connectivity index (χ3n) is 1.71. The molecule has 1 aliphatic carbocycles. The zero-order chi connectivity index (χ0) is 8.55. The maximum atomic E-state index is 11.3. The molecule has 0 atom stereocenters. The van der Waals surface area contributed by atoms with Gasteiger partial charge in [0.05, 0.1) is 9.21 Å². The molecule has 1 aromatic rings. The average molecular weight is 202 g/mol. The Morgan fingerprint density at radius 1 is 1.58 bits per heavy atom. The molecule has 0 aliphatic heterocycles. The molecule has 1 N–H and O–H groups in total. The Bertz CT molecular complexity index is 306. The summed E-state index contributed by atoms with van der Waals surface area (Å²) in [5.74, 6) is 0.00870. The Morgan fingerprint density at radius 3 is 2.83 bits per heavy atom. The summed E-state index contributed by atoms with van der Waals surface area (Å²) in [7, 11) is 0. The van der Waals surface area contributed by atoms with Gasteiger partial charge >= 0.3 is 0 Å². The highest BCUT2D eigenvalue weighted by atomic mass is 35.5. The predicted molar refractivity (Wildman–Crippen MR) is 49.8 cm³/mol. The summed E-state index contributed by atoms with van der Waals surface area (Å²) in [5.41, 5.74) is 0. The molecule has 1 saturated carbocycles. The minimum absolute atomic E-state index is 0.00870. The first-order valence-electron chi connectivity index (χ1n) is 3.82. The summed E-state index contributed by atoms with van der Waals surface area (Å²) in [5, 5.41) is 2.90. The molecule has 0 radical (unpaired) electrons. The molecular formula is C8H8ClNOS. The Labute approximate surface area is 79.5 Å². The lowest BCUT2D eigenvalue weighted by molar-refractivity contribution is 0.0955. The van der Waals surface area contributed by atoms with Crippen molar-refractivity contribution in [2.45, 2.75) is 18.9 Å². The lowest BCUT2D eigenvalue weighted by Crippen LogP contribution is -2.24. The van der Waals surface area contributed by atoms with Crippen LogP contribution in [0.2, 0.25) is 4.34 Å². The number of nitrogens with one attached hydrogen (secondary N) is 1. The molecule has 0 saturated heterocycles. The van der Waals surface area contributed by atoms with Crippen LogP contribution < -0.4 is 5.32 Å². The van der Waals surface area contributed by atoms with E-state index in [9.17, 15) is 4.79 Å². The number of hydrogen-bond acceptors (Lipinski definition) is 2. The van der Waals surface area contributed by atoms with Crippen LogP contribution in [0.3, 0.4) is 0 Å². The van der Waals surface area contributed by atoms with Crippen molar-refractivity contribution in [1.82, 2.24) is 5.32 Å². The molecule has 1 amide bonds. The standard InChI is InChI=1S/C8H8ClNOS/c9-7-4-3-6(12-7)8(11)10-5-1-2-5/h3-5H,1-2H2,(H,10,11). The molecule has 12 heavy (non-hydrogen) atoms. The van der Waals surface area contributed by atoms with E-state index in [0.717, 1.165) is 12.8 Å². The highest BCUT2D eigenvalue weighted by molar-refractivity contribution is 7.17. The number of halogens is 1. The highest BCUT2D eigenvalue weighted by Crippen LogP contribution is 2.23. The molecule has 0 aromatic carbocycles. The van der Waals surface area contributed by atoms with E-state index in [1.165, 1.54) is 11.3 Å². The molecule has 0 spiro atoms. The molecule has 64 valence electrons. The number of carbonyl (C=O) groups is 1. The second-order valence-corrected chi connectivity index (χ2v) is 4.57. The second-order valence-electron chi connectivity index (χ2n) is 2.85. The van der Waals surface area contributed by atoms with Crippen molar-refractivity contribution in [3.63, 3.8) is 0 Å². The van der Waals surface area contributed by atoms with Gasteiger partial charge in [-0.05, 0) is 25.0 Å². The molecule has 1 aliphatic rings. The number of thiophene rings is 1. The fraction of sp³-hybridized carbons (Fsp3) is 0.375. The SMILES string of the molecule is O=C(NC1CC1)c1ccc(Cl)s1. The van der Waals surface area contributed by atoms with Crippen LogP contribution in [-0.4, -0.2) is 11.9 Å². The van der Waals surface area contributed by atoms with Crippen LogP contribution in [0.4, 0.5) is 0 Å². The number of amides is 1. The third kappa shape index (κ3) is 1.79. The van der Waals surface area contributed by atoms with Gasteiger partial charge in [-0.15, -0.1) is 11.3 Å². The molecule has 0 unspecified atom stereocenters. The largest absolute Gasteiger partial charge is 0.349 e. The average Bonchev–Trinajstić information content (AvgIpc) is 2.72. The lowest BCUT2D eigenvalue weighted by atomic mass is 10.4. The first kappa shape index (κ1) is 8.08. The minimum atomic E-state index is 0.00870. The monoisotopic (exact) mass is 201 g/mol. The predicted octanol–water partition coefficient (Wildman–Crippen LogP) is 2.29. The number of rotatable bonds is 2. The van der Waals surface area contributed by atoms with E-state index in [0.29, 0.717) is 15.3 Å². The fourth-order valence-electron chi connectivity index (χ4n) is 0.921. The molecule has 2 nitrogen and oxygen atoms in total. The zero-order valence-corrected chi connectivity index (χ0v) is 7.91. The first-order chi connectivity index (χ1) is 5.75. The molecule has 1 heterocycles. The first-order valence-corrected chi connectivity index (χ1v) is 5.01. The Kier molecular flexibility index (Phi) is 2.07. The van der Waals surface area contributed by atoms with Crippen molar-refractivity contribution in [2.75, 3.05) is 0 Å². The van der Waals surface area contributed by atoms with Crippen molar-refractivity contribution in [1.29, 1.82) is 0 Å². The highest BCUT2D eigenvalue weighted by Gasteiger charge is 2.24. The van der Waals surface area contributed by atoms with E-state index in [4.69, 9.17) is 11.6 Å². The summed E-state index contributed by atoms with van der Waals surface area (Å²) in [4.78, 5) is 12.0. The minimum Gasteiger partial charge on any atom is -0.349 e. The van der Waals surface area contributed by atoms with E-state index in [2.05, 4.69) is 5.32 Å². The molecule has 0 bridgehead atoms. The Balaban J connectivity index is 2.03. The molecular weight excluding hydrogens is 194 g/mol. The van der Waals surface area contributed by atoms with Crippen molar-refractivity contribution >= 4 is 28.8 Å². The van der Waals surface area contributed by atoms with Crippen LogP contribution in [0.5, 0.6) is 0 Å². The van der Waals surface area contributed by atoms with E-state index in [-0.39, 0.29) is 5.91 Å². The van der Waals surface area contributed by atoms with Crippen molar-refractivity contribution in [3.05, 3.63) is 21.3 Å². The zero-order valence-electron chi connectivity index (χ0n) is 6.34. The number of carbonyl (C=O) groups excluding carboxylic acids is 1. The van der Waals surface area contributed by atoms with Crippen molar-refractivity contribution in [3.8, 4) is 0 Å². The molecule has 4 heteroatoms. The van der Waals surface area contributed by atoms with Crippen LogP contribution >= 0.6 is 22.9 Å². The van der Waals surface area contributed by atoms with Gasteiger partial charge < -0.3 is 5.32 Å². The van der Waals surface area contributed by atoms with Gasteiger partial charge in [0, 0.05) is 6.04 Å². The van der Waals surface area contributed by atoms with E-state index in [1.54, 1.807) is 12.1 Å². The normalized spacial score (nSPS) is 16.1. The van der Waals surface area contributed by atoms with Gasteiger partial charge in [-0.25, -0.2) is 0 Å². The summed E-state index contributed by atoms with van der Waals surface area (Å²) in [6.45, 7) is 0. The van der Waals surface area contributed by atoms with Crippen LogP contribution in [0.25, 0.3) is 0 Å². The number of hydrogen-bond donors (Lipinski definition) is 1. The molecule has 2 rings (SSSR count). The van der Waals surface area contributed by atoms with E-state index in [1.807, 2.05) is 0 Å². The van der Waals surface area contributed by atoms with Gasteiger partial charge in [-0.2, -0.15) is 0 Å². The van der Waals surface area contributed by atoms with E-state index < -0.39 is 0 Å². The van der Waals surface area contributed by atoms with Gasteiger partial charge in [0.25, 0.3) is 5.91 Å². The fourth-order valence-corrected chi connectivity index (χ4v) is 1.87. The summed E-state index contributed by atoms with van der Waals surface area (Å²) < 4.78 is 0.663. The summed E-state index contributed by atoms with van der Waals surface area (Å²) in [6.07, 6.45) is 2.23. The van der Waals surface area contributed by atoms with Crippen LogP contribution in [-0.2, 0) is 0 Å². The van der Waals surface area contributed by atoms with Crippen LogP contribution in [0, 0.1) is 0 Å². The van der Waals surface area contributed by atoms with Crippen molar-refractivity contribution < 1.29 is 4.79 Å². The van der Waals surface area contributed by atoms with Crippen LogP contribution in [0.15, 0.2) is 12.1 Å². The smallest absolute Gasteiger partial charge is 0.261 e. The maximum absolute atomic E-state index is 11.3. The maximum Gasteiger partial charge on any atom is 0.261 e. The van der Waals surface area contributed by atoms with Gasteiger partial charge in [-0.3, -0.25) is 4.79 Å². The van der Waals surface area contributed by atoms with Gasteiger partial charge in [-0.1, -0.05) is 11.6 Å². The summed E-state index contributed by atoms with van der Waals surface area (Å²) in [6, 6.07) is 3.91. The molecule has 1 fully saturated rings. The van der Waals surface area contributed by atoms with Gasteiger partial charge in [0.15, 0.2) is 0 Å². The summed E-state index contributed by atoms with van der Waals surface area (Å²) >= 11 is 7.01. The van der Waals surface area contributed by atoms with E-state index >= 15 is 0 Å². The second kappa shape index (κ2) is 3.07. The van der Waals surface area contributed by atoms with Gasteiger partial charge in [0.2, 0.25) is 0 Å². The lowest BCUT2D eigenvalue weighted by Gasteiger charge is -1.98. The van der Waals surface area contributed by atoms with Gasteiger partial charge in [0.1, 0.15) is 0 Å². The quantitative estimate of drug-likeness (QED) is 0.782. The topological polar surface area (TPSA) is 29.1 Å². The molecule has 1 aromatic heterocycles. The Morgan fingerprint density at radius 2 is 2.33 bits per heavy atom. The third-order valence-corrected chi connectivity index (χ3v) is 2.94. The van der Waals surface area contributed by atoms with Crippen LogP contribution in [0.1, 0.15) is 22.5 Å². The van der Waals surface area contributed by atoms with Crippen molar-refractivity contribution in [2.24, 2.45) is 0 Å². The Hall–Kier alpha value is -0.540.